The van der Waals surface area contributed by atoms with Crippen LogP contribution in [0.3, 0.4) is 0 Å². The number of carbonyl (C=O) groups is 1. The maximum atomic E-state index is 12.9. The minimum atomic E-state index is -3.49. The van der Waals surface area contributed by atoms with E-state index in [1.54, 1.807) is 12.1 Å². The molecular formula is C20H32ClN3O3S. The molecule has 2 aliphatic rings. The average molecular weight is 430 g/mol. The number of sulfonamides is 1. The summed E-state index contributed by atoms with van der Waals surface area (Å²) in [7, 11) is -3.49. The van der Waals surface area contributed by atoms with Gasteiger partial charge in [0.2, 0.25) is 15.9 Å². The molecule has 1 atom stereocenters. The van der Waals surface area contributed by atoms with E-state index in [0.29, 0.717) is 49.3 Å². The van der Waals surface area contributed by atoms with Gasteiger partial charge in [-0.3, -0.25) is 4.79 Å². The van der Waals surface area contributed by atoms with Crippen LogP contribution >= 0.6 is 12.4 Å². The van der Waals surface area contributed by atoms with Gasteiger partial charge in [-0.15, -0.1) is 12.4 Å². The van der Waals surface area contributed by atoms with Crippen LogP contribution < -0.4 is 5.32 Å². The highest BCUT2D eigenvalue weighted by atomic mass is 35.5. The summed E-state index contributed by atoms with van der Waals surface area (Å²) in [6.45, 7) is 7.92. The molecule has 28 heavy (non-hydrogen) atoms. The fourth-order valence-corrected chi connectivity index (χ4v) is 5.22. The number of rotatable bonds is 6. The topological polar surface area (TPSA) is 69.7 Å². The number of benzene rings is 1. The Morgan fingerprint density at radius 1 is 1.14 bits per heavy atom. The first-order valence-electron chi connectivity index (χ1n) is 9.96. The van der Waals surface area contributed by atoms with E-state index < -0.39 is 10.0 Å². The molecule has 0 saturated carbocycles. The van der Waals surface area contributed by atoms with E-state index in [0.717, 1.165) is 31.5 Å². The summed E-state index contributed by atoms with van der Waals surface area (Å²) in [6, 6.07) is 7.15. The van der Waals surface area contributed by atoms with Gasteiger partial charge in [0.25, 0.3) is 0 Å². The number of piperazine rings is 1. The third kappa shape index (κ3) is 5.47. The first-order valence-corrected chi connectivity index (χ1v) is 11.4. The summed E-state index contributed by atoms with van der Waals surface area (Å²) >= 11 is 0. The standard InChI is InChI=1S/C20H31N3O3S.ClH/c1-16(2)18-4-6-19(7-5-18)27(25,26)23-13-11-22(12-14-23)20(24)8-3-17-9-10-21-15-17;/h4-7,16-17,21H,3,8-15H2,1-2H3;1H. The van der Waals surface area contributed by atoms with Gasteiger partial charge in [0.1, 0.15) is 0 Å². The van der Waals surface area contributed by atoms with E-state index in [9.17, 15) is 13.2 Å². The van der Waals surface area contributed by atoms with Gasteiger partial charge in [0, 0.05) is 32.6 Å². The van der Waals surface area contributed by atoms with Crippen LogP contribution in [0.5, 0.6) is 0 Å². The van der Waals surface area contributed by atoms with Crippen molar-refractivity contribution >= 4 is 28.3 Å². The Labute approximate surface area is 175 Å². The minimum absolute atomic E-state index is 0. The first-order chi connectivity index (χ1) is 12.9. The predicted molar refractivity (Wildman–Crippen MR) is 113 cm³/mol. The number of carbonyl (C=O) groups excluding carboxylic acids is 1. The quantitative estimate of drug-likeness (QED) is 0.754. The van der Waals surface area contributed by atoms with Gasteiger partial charge in [0.15, 0.2) is 0 Å². The van der Waals surface area contributed by atoms with Crippen molar-refractivity contribution in [3.05, 3.63) is 29.8 Å². The number of nitrogens with zero attached hydrogens (tertiary/aromatic N) is 2. The molecular weight excluding hydrogens is 398 g/mol. The van der Waals surface area contributed by atoms with Gasteiger partial charge in [0.05, 0.1) is 4.90 Å². The highest BCUT2D eigenvalue weighted by molar-refractivity contribution is 7.89. The second kappa shape index (κ2) is 10.1. The lowest BCUT2D eigenvalue weighted by Gasteiger charge is -2.34. The first kappa shape index (κ1) is 23.1. The van der Waals surface area contributed by atoms with E-state index in [4.69, 9.17) is 0 Å². The van der Waals surface area contributed by atoms with E-state index in [-0.39, 0.29) is 18.3 Å². The number of halogens is 1. The summed E-state index contributed by atoms with van der Waals surface area (Å²) in [5.41, 5.74) is 1.13. The lowest BCUT2D eigenvalue weighted by molar-refractivity contribution is -0.132. The van der Waals surface area contributed by atoms with Crippen LogP contribution in [0.2, 0.25) is 0 Å². The Balaban J connectivity index is 0.00000280. The van der Waals surface area contributed by atoms with Crippen LogP contribution in [-0.4, -0.2) is 62.8 Å². The molecule has 2 aliphatic heterocycles. The zero-order valence-corrected chi connectivity index (χ0v) is 18.4. The van der Waals surface area contributed by atoms with Gasteiger partial charge >= 0.3 is 0 Å². The van der Waals surface area contributed by atoms with Crippen LogP contribution in [0.1, 0.15) is 44.6 Å². The molecule has 2 heterocycles. The molecule has 3 rings (SSSR count). The molecule has 2 saturated heterocycles. The fourth-order valence-electron chi connectivity index (χ4n) is 3.80. The van der Waals surface area contributed by atoms with Gasteiger partial charge in [-0.05, 0) is 55.5 Å². The number of nitrogens with one attached hydrogen (secondary N) is 1. The van der Waals surface area contributed by atoms with Crippen molar-refractivity contribution in [3.63, 3.8) is 0 Å². The molecule has 0 spiro atoms. The largest absolute Gasteiger partial charge is 0.340 e. The monoisotopic (exact) mass is 429 g/mol. The zero-order chi connectivity index (χ0) is 19.4. The van der Waals surface area contributed by atoms with E-state index in [2.05, 4.69) is 19.2 Å². The molecule has 1 amide bonds. The van der Waals surface area contributed by atoms with Crippen molar-refractivity contribution < 1.29 is 13.2 Å². The van der Waals surface area contributed by atoms with Crippen LogP contribution in [0.25, 0.3) is 0 Å². The Morgan fingerprint density at radius 2 is 1.79 bits per heavy atom. The predicted octanol–water partition coefficient (Wildman–Crippen LogP) is 2.45. The van der Waals surface area contributed by atoms with Crippen molar-refractivity contribution in [2.24, 2.45) is 5.92 Å². The normalized spacial score (nSPS) is 21.0. The van der Waals surface area contributed by atoms with Gasteiger partial charge in [-0.2, -0.15) is 4.31 Å². The van der Waals surface area contributed by atoms with E-state index >= 15 is 0 Å². The number of hydrogen-bond donors (Lipinski definition) is 1. The van der Waals surface area contributed by atoms with Crippen molar-refractivity contribution in [1.29, 1.82) is 0 Å². The SMILES string of the molecule is CC(C)c1ccc(S(=O)(=O)N2CCN(C(=O)CCC3CCNC3)CC2)cc1.Cl. The summed E-state index contributed by atoms with van der Waals surface area (Å²) in [5.74, 6) is 1.13. The third-order valence-electron chi connectivity index (χ3n) is 5.70. The molecule has 0 aromatic heterocycles. The molecule has 1 unspecified atom stereocenters. The van der Waals surface area contributed by atoms with Crippen molar-refractivity contribution in [3.8, 4) is 0 Å². The number of amides is 1. The molecule has 6 nitrogen and oxygen atoms in total. The molecule has 2 fully saturated rings. The Kier molecular flexibility index (Phi) is 8.30. The summed E-state index contributed by atoms with van der Waals surface area (Å²) in [4.78, 5) is 14.6. The van der Waals surface area contributed by atoms with Crippen LogP contribution in [-0.2, 0) is 14.8 Å². The highest BCUT2D eigenvalue weighted by Crippen LogP contribution is 2.22. The van der Waals surface area contributed by atoms with Crippen molar-refractivity contribution in [1.82, 2.24) is 14.5 Å². The summed E-state index contributed by atoms with van der Waals surface area (Å²) < 4.78 is 27.2. The lowest BCUT2D eigenvalue weighted by atomic mass is 10.0. The average Bonchev–Trinajstić information content (AvgIpc) is 3.20. The second-order valence-electron chi connectivity index (χ2n) is 7.91. The molecule has 0 aliphatic carbocycles. The highest BCUT2D eigenvalue weighted by Gasteiger charge is 2.30. The maximum absolute atomic E-state index is 12.9. The van der Waals surface area contributed by atoms with Crippen molar-refractivity contribution in [2.45, 2.75) is 43.9 Å². The van der Waals surface area contributed by atoms with Crippen molar-refractivity contribution in [2.75, 3.05) is 39.3 Å². The fraction of sp³-hybridized carbons (Fsp3) is 0.650. The maximum Gasteiger partial charge on any atom is 0.243 e. The third-order valence-corrected chi connectivity index (χ3v) is 7.62. The molecule has 8 heteroatoms. The van der Waals surface area contributed by atoms with Crippen LogP contribution in [0, 0.1) is 5.92 Å². The number of hydrogen-bond acceptors (Lipinski definition) is 4. The minimum Gasteiger partial charge on any atom is -0.340 e. The van der Waals surface area contributed by atoms with E-state index in [1.807, 2.05) is 17.0 Å². The Bertz CT molecular complexity index is 738. The molecule has 158 valence electrons. The van der Waals surface area contributed by atoms with Crippen LogP contribution in [0.4, 0.5) is 0 Å². The zero-order valence-electron chi connectivity index (χ0n) is 16.8. The molecule has 0 radical (unpaired) electrons. The molecule has 1 aromatic rings. The second-order valence-corrected chi connectivity index (χ2v) is 9.84. The molecule has 1 aromatic carbocycles. The Hall–Kier alpha value is -1.15. The lowest BCUT2D eigenvalue weighted by Crippen LogP contribution is -2.50. The Morgan fingerprint density at radius 3 is 2.32 bits per heavy atom. The van der Waals surface area contributed by atoms with Gasteiger partial charge in [-0.1, -0.05) is 26.0 Å². The van der Waals surface area contributed by atoms with Gasteiger partial charge in [-0.25, -0.2) is 8.42 Å². The van der Waals surface area contributed by atoms with E-state index in [1.165, 1.54) is 4.31 Å². The molecule has 1 N–H and O–H groups in total. The van der Waals surface area contributed by atoms with Crippen LogP contribution in [0.15, 0.2) is 29.2 Å². The summed E-state index contributed by atoms with van der Waals surface area (Å²) in [5, 5.41) is 3.32. The van der Waals surface area contributed by atoms with Gasteiger partial charge < -0.3 is 10.2 Å². The molecule has 0 bridgehead atoms. The summed E-state index contributed by atoms with van der Waals surface area (Å²) in [6.07, 6.45) is 2.64. The smallest absolute Gasteiger partial charge is 0.243 e.